The number of nitrogens with zero attached hydrogens (tertiary/aromatic N) is 1. The van der Waals surface area contributed by atoms with Crippen molar-refractivity contribution >= 4 is 45.4 Å². The average Bonchev–Trinajstić information content (AvgIpc) is 3.01. The number of unbranched alkanes of at least 4 members (excludes halogenated alkanes) is 1. The minimum Gasteiger partial charge on any atom is -0.490 e. The molecule has 0 aliphatic heterocycles. The van der Waals surface area contributed by atoms with Gasteiger partial charge in [-0.25, -0.2) is 4.79 Å². The minimum absolute atomic E-state index is 0.00522. The molecule has 1 unspecified atom stereocenters. The molecule has 0 spiro atoms. The van der Waals surface area contributed by atoms with Crippen LogP contribution in [-0.2, 0) is 4.79 Å². The van der Waals surface area contributed by atoms with Crippen molar-refractivity contribution in [3.63, 3.8) is 0 Å². The molecule has 0 aliphatic carbocycles. The summed E-state index contributed by atoms with van der Waals surface area (Å²) in [6, 6.07) is 9.84. The number of amidine groups is 1. The highest BCUT2D eigenvalue weighted by molar-refractivity contribution is 5.96. The smallest absolute Gasteiger partial charge is 0.326 e. The molecule has 46 heavy (non-hydrogen) atoms. The zero-order valence-corrected chi connectivity index (χ0v) is 25.1. The standard InChI is InChI=1S/C32H33N3O11/c1-17(36)27-13-21(38)29-23(8-5-10-25(29)45-27)43-15-19(37)16-44-24-9-6-11-26-30(24)22(39)14-28(46-26)31(40)35-20(32(41)42)7-3-4-12-34-18(2)33/h5-6,8-11,13-14,19-20,37H,3-4,7,12,15-16H2,1-2H3,(H2,33,34)(H,35,40)(H,41,42)/t19?,20-/m0/s1. The third-order valence-corrected chi connectivity index (χ3v) is 6.73. The van der Waals surface area contributed by atoms with E-state index in [1.807, 2.05) is 0 Å². The van der Waals surface area contributed by atoms with Gasteiger partial charge in [0.25, 0.3) is 5.91 Å². The predicted molar refractivity (Wildman–Crippen MR) is 167 cm³/mol. The number of nitrogens with two attached hydrogens (primary N) is 1. The summed E-state index contributed by atoms with van der Waals surface area (Å²) >= 11 is 0. The monoisotopic (exact) mass is 635 g/mol. The molecule has 2 heterocycles. The van der Waals surface area contributed by atoms with Crippen molar-refractivity contribution in [2.45, 2.75) is 45.3 Å². The number of hydrogen-bond donors (Lipinski definition) is 4. The first-order chi connectivity index (χ1) is 21.9. The molecule has 5 N–H and O–H groups in total. The van der Waals surface area contributed by atoms with Gasteiger partial charge in [-0.05, 0) is 50.5 Å². The van der Waals surface area contributed by atoms with Gasteiger partial charge in [0.15, 0.2) is 28.2 Å². The highest BCUT2D eigenvalue weighted by atomic mass is 16.5. The van der Waals surface area contributed by atoms with Crippen molar-refractivity contribution in [1.29, 1.82) is 0 Å². The van der Waals surface area contributed by atoms with E-state index in [2.05, 4.69) is 10.3 Å². The number of rotatable bonds is 15. The molecule has 2 atom stereocenters. The lowest BCUT2D eigenvalue weighted by atomic mass is 10.1. The lowest BCUT2D eigenvalue weighted by Crippen LogP contribution is -2.41. The van der Waals surface area contributed by atoms with E-state index in [-0.39, 0.29) is 64.6 Å². The fourth-order valence-electron chi connectivity index (χ4n) is 4.50. The number of hydrogen-bond acceptors (Lipinski definition) is 11. The second-order valence-corrected chi connectivity index (χ2v) is 10.4. The number of carbonyl (C=O) groups excluding carboxylic acids is 2. The molecule has 242 valence electrons. The molecule has 4 aromatic rings. The molecule has 0 bridgehead atoms. The van der Waals surface area contributed by atoms with E-state index in [0.717, 1.165) is 12.1 Å². The fourth-order valence-corrected chi connectivity index (χ4v) is 4.50. The van der Waals surface area contributed by atoms with Crippen molar-refractivity contribution in [3.8, 4) is 11.5 Å². The predicted octanol–water partition coefficient (Wildman–Crippen LogP) is 2.65. The maximum absolute atomic E-state index is 13.0. The van der Waals surface area contributed by atoms with Crippen LogP contribution >= 0.6 is 0 Å². The van der Waals surface area contributed by atoms with Crippen molar-refractivity contribution < 1.29 is 42.9 Å². The number of Topliss-reactive ketones (excluding diaryl/α,β-unsaturated/α-hetero) is 1. The van der Waals surface area contributed by atoms with Crippen LogP contribution in [0.15, 0.2) is 71.9 Å². The second-order valence-electron chi connectivity index (χ2n) is 10.4. The number of benzene rings is 2. The maximum Gasteiger partial charge on any atom is 0.326 e. The number of carbonyl (C=O) groups is 3. The molecule has 2 aromatic heterocycles. The SMILES string of the molecule is CC(=O)c1cc(=O)c2c(OCC(O)COc3cccc4oc(C(=O)N[C@@H](CCCCN=C(C)N)C(=O)O)cc(=O)c34)cccc2o1. The molecule has 0 radical (unpaired) electrons. The molecule has 0 saturated carbocycles. The van der Waals surface area contributed by atoms with E-state index < -0.39 is 40.7 Å². The number of aliphatic carboxylic acids is 1. The van der Waals surface area contributed by atoms with Crippen LogP contribution in [0.1, 0.15) is 54.2 Å². The zero-order chi connectivity index (χ0) is 33.4. The summed E-state index contributed by atoms with van der Waals surface area (Å²) in [4.78, 5) is 65.8. The van der Waals surface area contributed by atoms with E-state index >= 15 is 0 Å². The van der Waals surface area contributed by atoms with Crippen LogP contribution in [0.5, 0.6) is 11.5 Å². The second kappa shape index (κ2) is 15.0. The molecule has 1 amide bonds. The first-order valence-corrected chi connectivity index (χ1v) is 14.3. The van der Waals surface area contributed by atoms with Crippen LogP contribution in [0.25, 0.3) is 21.9 Å². The Bertz CT molecular complexity index is 1910. The number of ether oxygens (including phenoxy) is 2. The highest BCUT2D eigenvalue weighted by Gasteiger charge is 2.23. The summed E-state index contributed by atoms with van der Waals surface area (Å²) < 4.78 is 22.4. The number of carboxylic acid groups (broad SMARTS) is 1. The van der Waals surface area contributed by atoms with Gasteiger partial charge in [0.05, 0.1) is 5.84 Å². The number of aliphatic hydroxyl groups excluding tert-OH is 1. The van der Waals surface area contributed by atoms with Crippen molar-refractivity contribution in [2.24, 2.45) is 10.7 Å². The number of fused-ring (bicyclic) bond motifs is 2. The minimum atomic E-state index is -1.24. The van der Waals surface area contributed by atoms with E-state index in [1.165, 1.54) is 37.3 Å². The van der Waals surface area contributed by atoms with E-state index in [4.69, 9.17) is 24.0 Å². The van der Waals surface area contributed by atoms with Crippen molar-refractivity contribution in [3.05, 3.63) is 80.5 Å². The Kier molecular flexibility index (Phi) is 10.9. The van der Waals surface area contributed by atoms with Crippen molar-refractivity contribution in [2.75, 3.05) is 19.8 Å². The van der Waals surface area contributed by atoms with Gasteiger partial charge in [-0.15, -0.1) is 0 Å². The Morgan fingerprint density at radius 1 is 0.891 bits per heavy atom. The van der Waals surface area contributed by atoms with Crippen LogP contribution in [-0.4, -0.2) is 65.6 Å². The lowest BCUT2D eigenvalue weighted by Gasteiger charge is -2.16. The molecular weight excluding hydrogens is 602 g/mol. The van der Waals surface area contributed by atoms with E-state index in [1.54, 1.807) is 13.0 Å². The first kappa shape index (κ1) is 33.4. The summed E-state index contributed by atoms with van der Waals surface area (Å²) in [6.45, 7) is 2.76. The number of nitrogens with one attached hydrogen (secondary N) is 1. The number of carboxylic acids is 1. The summed E-state index contributed by atoms with van der Waals surface area (Å²) in [7, 11) is 0. The Labute approximate surface area is 261 Å². The third-order valence-electron chi connectivity index (χ3n) is 6.73. The van der Waals surface area contributed by atoms with Gasteiger partial charge in [-0.1, -0.05) is 12.1 Å². The third kappa shape index (κ3) is 8.35. The Balaban J connectivity index is 1.41. The van der Waals surface area contributed by atoms with Gasteiger partial charge in [0, 0.05) is 25.6 Å². The number of aliphatic imine (C=N–C) groups is 1. The quantitative estimate of drug-likeness (QED) is 0.0641. The summed E-state index contributed by atoms with van der Waals surface area (Å²) in [5, 5.41) is 22.6. The van der Waals surface area contributed by atoms with Gasteiger partial charge in [-0.3, -0.25) is 24.2 Å². The van der Waals surface area contributed by atoms with Crippen molar-refractivity contribution in [1.82, 2.24) is 5.32 Å². The normalized spacial score (nSPS) is 12.9. The number of amides is 1. The highest BCUT2D eigenvalue weighted by Crippen LogP contribution is 2.25. The van der Waals surface area contributed by atoms with Crippen LogP contribution in [0, 0.1) is 0 Å². The Hall–Kier alpha value is -5.50. The first-order valence-electron chi connectivity index (χ1n) is 14.3. The molecular formula is C32H33N3O11. The summed E-state index contributed by atoms with van der Waals surface area (Å²) in [6.07, 6.45) is -0.0272. The van der Waals surface area contributed by atoms with Gasteiger partial charge < -0.3 is 39.6 Å². The maximum atomic E-state index is 13.0. The van der Waals surface area contributed by atoms with Crippen LogP contribution < -0.4 is 31.4 Å². The molecule has 0 saturated heterocycles. The Morgan fingerprint density at radius 3 is 1.96 bits per heavy atom. The van der Waals surface area contributed by atoms with Gasteiger partial charge >= 0.3 is 5.97 Å². The zero-order valence-electron chi connectivity index (χ0n) is 25.1. The topological polar surface area (TPSA) is 221 Å². The molecule has 0 aliphatic rings. The summed E-state index contributed by atoms with van der Waals surface area (Å²) in [5.41, 5.74) is 4.54. The largest absolute Gasteiger partial charge is 0.490 e. The molecule has 4 rings (SSSR count). The number of aliphatic hydroxyl groups is 1. The van der Waals surface area contributed by atoms with Crippen LogP contribution in [0.3, 0.4) is 0 Å². The average molecular weight is 636 g/mol. The van der Waals surface area contributed by atoms with Gasteiger partial charge in [0.1, 0.15) is 58.8 Å². The lowest BCUT2D eigenvalue weighted by molar-refractivity contribution is -0.139. The van der Waals surface area contributed by atoms with Crippen LogP contribution in [0.4, 0.5) is 0 Å². The number of ketones is 1. The Morgan fingerprint density at radius 2 is 1.43 bits per heavy atom. The fraction of sp³-hybridized carbons (Fsp3) is 0.312. The van der Waals surface area contributed by atoms with E-state index in [0.29, 0.717) is 25.2 Å². The molecule has 14 nitrogen and oxygen atoms in total. The van der Waals surface area contributed by atoms with Gasteiger partial charge in [0.2, 0.25) is 0 Å². The van der Waals surface area contributed by atoms with Crippen LogP contribution in [0.2, 0.25) is 0 Å². The van der Waals surface area contributed by atoms with E-state index in [9.17, 15) is 34.2 Å². The molecule has 14 heteroatoms. The van der Waals surface area contributed by atoms with Gasteiger partial charge in [-0.2, -0.15) is 0 Å². The molecule has 0 fully saturated rings. The summed E-state index contributed by atoms with van der Waals surface area (Å²) in [5.74, 6) is -2.35. The molecule has 2 aromatic carbocycles.